The molecular formula is C14H17N5O2. The van der Waals surface area contributed by atoms with E-state index in [1.807, 2.05) is 25.2 Å². The summed E-state index contributed by atoms with van der Waals surface area (Å²) < 4.78 is 5.75. The topological polar surface area (TPSA) is 83.1 Å². The molecule has 2 N–H and O–H groups in total. The number of nitrogens with one attached hydrogen (secondary N) is 2. The molecule has 0 spiro atoms. The summed E-state index contributed by atoms with van der Waals surface area (Å²) in [5.74, 6) is 0.721. The first-order chi connectivity index (χ1) is 10.3. The number of aromatic nitrogens is 3. The predicted molar refractivity (Wildman–Crippen MR) is 77.0 cm³/mol. The van der Waals surface area contributed by atoms with Crippen molar-refractivity contribution in [3.63, 3.8) is 0 Å². The Morgan fingerprint density at radius 2 is 2.38 bits per heavy atom. The number of morpholine rings is 1. The summed E-state index contributed by atoms with van der Waals surface area (Å²) >= 11 is 0. The number of carbonyl (C=O) groups is 1. The summed E-state index contributed by atoms with van der Waals surface area (Å²) in [5.41, 5.74) is 1.32. The van der Waals surface area contributed by atoms with Crippen molar-refractivity contribution < 1.29 is 9.53 Å². The van der Waals surface area contributed by atoms with Crippen LogP contribution in [0.1, 0.15) is 22.3 Å². The highest BCUT2D eigenvalue weighted by molar-refractivity contribution is 5.92. The molecule has 0 bridgehead atoms. The lowest BCUT2D eigenvalue weighted by Crippen LogP contribution is -2.42. The highest BCUT2D eigenvalue weighted by Gasteiger charge is 2.27. The van der Waals surface area contributed by atoms with Gasteiger partial charge in [-0.2, -0.15) is 5.10 Å². The number of anilines is 1. The van der Waals surface area contributed by atoms with Crippen LogP contribution in [-0.2, 0) is 4.74 Å². The molecule has 0 radical (unpaired) electrons. The first-order valence-electron chi connectivity index (χ1n) is 6.83. The van der Waals surface area contributed by atoms with E-state index in [9.17, 15) is 4.79 Å². The van der Waals surface area contributed by atoms with E-state index in [2.05, 4.69) is 20.5 Å². The first-order valence-corrected chi connectivity index (χ1v) is 6.83. The second-order valence-corrected chi connectivity index (χ2v) is 4.78. The average molecular weight is 287 g/mol. The van der Waals surface area contributed by atoms with Crippen molar-refractivity contribution in [1.82, 2.24) is 20.1 Å². The number of nitrogens with zero attached hydrogens (tertiary/aromatic N) is 3. The molecule has 110 valence electrons. The van der Waals surface area contributed by atoms with Crippen LogP contribution in [0.4, 0.5) is 5.82 Å². The van der Waals surface area contributed by atoms with Crippen LogP contribution in [0.25, 0.3) is 0 Å². The van der Waals surface area contributed by atoms with E-state index in [1.165, 1.54) is 0 Å². The smallest absolute Gasteiger partial charge is 0.272 e. The van der Waals surface area contributed by atoms with Gasteiger partial charge in [0, 0.05) is 19.8 Å². The zero-order valence-corrected chi connectivity index (χ0v) is 11.7. The molecular weight excluding hydrogens is 270 g/mol. The second-order valence-electron chi connectivity index (χ2n) is 4.78. The van der Waals surface area contributed by atoms with Crippen molar-refractivity contribution in [2.45, 2.75) is 6.10 Å². The second kappa shape index (κ2) is 5.92. The number of hydrogen-bond acceptors (Lipinski definition) is 5. The highest BCUT2D eigenvalue weighted by Crippen LogP contribution is 2.22. The Kier molecular flexibility index (Phi) is 3.83. The maximum absolute atomic E-state index is 12.3. The van der Waals surface area contributed by atoms with Crippen LogP contribution in [0, 0.1) is 0 Å². The third-order valence-corrected chi connectivity index (χ3v) is 3.44. The van der Waals surface area contributed by atoms with Gasteiger partial charge in [0.25, 0.3) is 5.91 Å². The molecule has 1 fully saturated rings. The summed E-state index contributed by atoms with van der Waals surface area (Å²) in [5, 5.41) is 9.52. The number of hydrogen-bond donors (Lipinski definition) is 2. The van der Waals surface area contributed by atoms with Crippen molar-refractivity contribution in [3.8, 4) is 0 Å². The normalized spacial score (nSPS) is 18.5. The van der Waals surface area contributed by atoms with Crippen molar-refractivity contribution in [1.29, 1.82) is 0 Å². The molecule has 1 saturated heterocycles. The van der Waals surface area contributed by atoms with Gasteiger partial charge in [-0.15, -0.1) is 0 Å². The van der Waals surface area contributed by atoms with E-state index in [4.69, 9.17) is 4.74 Å². The Hall–Kier alpha value is -2.41. The van der Waals surface area contributed by atoms with Gasteiger partial charge in [0.15, 0.2) is 0 Å². The Labute approximate surface area is 122 Å². The van der Waals surface area contributed by atoms with Gasteiger partial charge in [-0.1, -0.05) is 6.07 Å². The highest BCUT2D eigenvalue weighted by atomic mass is 16.5. The minimum absolute atomic E-state index is 0.0643. The fourth-order valence-corrected chi connectivity index (χ4v) is 2.33. The lowest BCUT2D eigenvalue weighted by Gasteiger charge is -2.32. The molecule has 1 atom stereocenters. The van der Waals surface area contributed by atoms with Crippen LogP contribution < -0.4 is 5.32 Å². The molecule has 7 heteroatoms. The van der Waals surface area contributed by atoms with Gasteiger partial charge in [0.1, 0.15) is 17.6 Å². The molecule has 3 heterocycles. The Balaban J connectivity index is 1.75. The van der Waals surface area contributed by atoms with E-state index in [-0.39, 0.29) is 12.0 Å². The molecule has 0 unspecified atom stereocenters. The van der Waals surface area contributed by atoms with Crippen LogP contribution in [0.15, 0.2) is 30.5 Å². The molecule has 3 rings (SSSR count). The Bertz CT molecular complexity index is 614. The number of aromatic amines is 1. The quantitative estimate of drug-likeness (QED) is 0.882. The standard InChI is InChI=1S/C14H17N5O2/c1-15-13-4-2-3-10(17-13)12-9-19(7-8-21-12)14(20)11-5-6-16-18-11/h2-6,12H,7-9H2,1H3,(H,15,17)(H,16,18)/t12-/m1/s1. The van der Waals surface area contributed by atoms with Gasteiger partial charge in [-0.25, -0.2) is 4.98 Å². The molecule has 0 aliphatic carbocycles. The molecule has 7 nitrogen and oxygen atoms in total. The monoisotopic (exact) mass is 287 g/mol. The van der Waals surface area contributed by atoms with Crippen molar-refractivity contribution >= 4 is 11.7 Å². The van der Waals surface area contributed by atoms with Gasteiger partial charge in [-0.05, 0) is 18.2 Å². The zero-order valence-electron chi connectivity index (χ0n) is 11.7. The molecule has 2 aromatic heterocycles. The van der Waals surface area contributed by atoms with Gasteiger partial charge < -0.3 is 15.0 Å². The van der Waals surface area contributed by atoms with E-state index < -0.39 is 0 Å². The van der Waals surface area contributed by atoms with Gasteiger partial charge in [0.2, 0.25) is 0 Å². The van der Waals surface area contributed by atoms with Gasteiger partial charge >= 0.3 is 0 Å². The molecule has 0 aromatic carbocycles. The maximum atomic E-state index is 12.3. The van der Waals surface area contributed by atoms with E-state index in [0.29, 0.717) is 25.4 Å². The molecule has 2 aromatic rings. The van der Waals surface area contributed by atoms with Gasteiger partial charge in [-0.3, -0.25) is 9.89 Å². The molecule has 1 amide bonds. The first kappa shape index (κ1) is 13.6. The summed E-state index contributed by atoms with van der Waals surface area (Å²) in [6.07, 6.45) is 1.36. The van der Waals surface area contributed by atoms with Crippen molar-refractivity contribution in [2.75, 3.05) is 32.1 Å². The Morgan fingerprint density at radius 3 is 3.14 bits per heavy atom. The lowest BCUT2D eigenvalue weighted by atomic mass is 10.1. The fourth-order valence-electron chi connectivity index (χ4n) is 2.33. The third-order valence-electron chi connectivity index (χ3n) is 3.44. The number of carbonyl (C=O) groups excluding carboxylic acids is 1. The minimum Gasteiger partial charge on any atom is -0.373 e. The van der Waals surface area contributed by atoms with E-state index in [0.717, 1.165) is 11.5 Å². The maximum Gasteiger partial charge on any atom is 0.272 e. The van der Waals surface area contributed by atoms with Crippen LogP contribution in [0.3, 0.4) is 0 Å². The average Bonchev–Trinajstić information content (AvgIpc) is 3.09. The number of H-pyrrole nitrogens is 1. The van der Waals surface area contributed by atoms with Gasteiger partial charge in [0.05, 0.1) is 18.8 Å². The zero-order chi connectivity index (χ0) is 14.7. The third kappa shape index (κ3) is 2.87. The molecule has 0 saturated carbocycles. The Morgan fingerprint density at radius 1 is 1.48 bits per heavy atom. The van der Waals surface area contributed by atoms with Crippen LogP contribution in [-0.4, -0.2) is 52.7 Å². The van der Waals surface area contributed by atoms with Crippen LogP contribution in [0.2, 0.25) is 0 Å². The SMILES string of the molecule is CNc1cccc([C@H]2CN(C(=O)c3ccn[nH]3)CCO2)n1. The van der Waals surface area contributed by atoms with Crippen LogP contribution >= 0.6 is 0 Å². The minimum atomic E-state index is -0.209. The van der Waals surface area contributed by atoms with Crippen molar-refractivity contribution in [3.05, 3.63) is 41.9 Å². The van der Waals surface area contributed by atoms with E-state index in [1.54, 1.807) is 17.2 Å². The molecule has 1 aliphatic rings. The largest absolute Gasteiger partial charge is 0.373 e. The predicted octanol–water partition coefficient (Wildman–Crippen LogP) is 1.06. The van der Waals surface area contributed by atoms with Crippen molar-refractivity contribution in [2.24, 2.45) is 0 Å². The lowest BCUT2D eigenvalue weighted by molar-refractivity contribution is -0.0248. The molecule has 1 aliphatic heterocycles. The number of ether oxygens (including phenoxy) is 1. The molecule has 21 heavy (non-hydrogen) atoms. The number of rotatable bonds is 3. The summed E-state index contributed by atoms with van der Waals surface area (Å²) in [7, 11) is 1.82. The summed E-state index contributed by atoms with van der Waals surface area (Å²) in [6, 6.07) is 7.40. The van der Waals surface area contributed by atoms with E-state index >= 15 is 0 Å². The fraction of sp³-hybridized carbons (Fsp3) is 0.357. The van der Waals surface area contributed by atoms with Crippen LogP contribution in [0.5, 0.6) is 0 Å². The summed E-state index contributed by atoms with van der Waals surface area (Å²) in [4.78, 5) is 18.6. The number of amides is 1. The number of pyridine rings is 1. The summed E-state index contributed by atoms with van der Waals surface area (Å²) in [6.45, 7) is 1.55.